The number of benzene rings is 2. The van der Waals surface area contributed by atoms with Gasteiger partial charge >= 0.3 is 0 Å². The minimum atomic E-state index is -0.310. The van der Waals surface area contributed by atoms with E-state index in [4.69, 9.17) is 10.1 Å². The van der Waals surface area contributed by atoms with Crippen molar-refractivity contribution in [3.8, 4) is 5.75 Å². The SMILES string of the molecule is CC(=O)N(C)C(C)CC(=N)c1ccc(NC(=O)C(C)c2ccc(OCC(C)C)cc2)cc1. The Hall–Kier alpha value is -3.15. The monoisotopic (exact) mass is 437 g/mol. The smallest absolute Gasteiger partial charge is 0.231 e. The molecule has 2 aromatic rings. The number of anilines is 1. The van der Waals surface area contributed by atoms with Gasteiger partial charge < -0.3 is 20.4 Å². The summed E-state index contributed by atoms with van der Waals surface area (Å²) in [5.74, 6) is 0.836. The van der Waals surface area contributed by atoms with Crippen LogP contribution < -0.4 is 10.1 Å². The second kappa shape index (κ2) is 11.5. The summed E-state index contributed by atoms with van der Waals surface area (Å²) in [6.07, 6.45) is 0.468. The Kier molecular flexibility index (Phi) is 9.00. The summed E-state index contributed by atoms with van der Waals surface area (Å²) in [6.45, 7) is 10.2. The normalized spacial score (nSPS) is 12.7. The Morgan fingerprint density at radius 1 is 1.00 bits per heavy atom. The highest BCUT2D eigenvalue weighted by atomic mass is 16.5. The summed E-state index contributed by atoms with van der Waals surface area (Å²) < 4.78 is 5.70. The lowest BCUT2D eigenvalue weighted by molar-refractivity contribution is -0.129. The van der Waals surface area contributed by atoms with Gasteiger partial charge in [-0.25, -0.2) is 0 Å². The van der Waals surface area contributed by atoms with E-state index in [1.807, 2.05) is 50.2 Å². The third kappa shape index (κ3) is 7.22. The summed E-state index contributed by atoms with van der Waals surface area (Å²) in [5, 5.41) is 11.3. The van der Waals surface area contributed by atoms with Crippen LogP contribution in [0.5, 0.6) is 5.75 Å². The van der Waals surface area contributed by atoms with E-state index < -0.39 is 0 Å². The van der Waals surface area contributed by atoms with Crippen LogP contribution in [0.15, 0.2) is 48.5 Å². The minimum absolute atomic E-state index is 0.0183. The maximum atomic E-state index is 12.7. The molecule has 2 amide bonds. The molecule has 2 atom stereocenters. The van der Waals surface area contributed by atoms with Crippen LogP contribution in [0.25, 0.3) is 0 Å². The highest BCUT2D eigenvalue weighted by molar-refractivity contribution is 6.00. The minimum Gasteiger partial charge on any atom is -0.493 e. The third-order valence-electron chi connectivity index (χ3n) is 5.52. The van der Waals surface area contributed by atoms with Crippen LogP contribution in [0.1, 0.15) is 58.1 Å². The van der Waals surface area contributed by atoms with Gasteiger partial charge in [0.2, 0.25) is 11.8 Å². The zero-order valence-electron chi connectivity index (χ0n) is 19.9. The van der Waals surface area contributed by atoms with Crippen molar-refractivity contribution in [2.24, 2.45) is 5.92 Å². The van der Waals surface area contributed by atoms with E-state index in [0.717, 1.165) is 16.9 Å². The van der Waals surface area contributed by atoms with Crippen LogP contribution in [0.4, 0.5) is 5.69 Å². The van der Waals surface area contributed by atoms with Gasteiger partial charge in [0.15, 0.2) is 0 Å². The maximum Gasteiger partial charge on any atom is 0.231 e. The second-order valence-corrected chi connectivity index (χ2v) is 8.72. The molecule has 32 heavy (non-hydrogen) atoms. The van der Waals surface area contributed by atoms with E-state index in [1.165, 1.54) is 6.92 Å². The van der Waals surface area contributed by atoms with Crippen molar-refractivity contribution in [1.82, 2.24) is 4.90 Å². The molecule has 0 aliphatic carbocycles. The van der Waals surface area contributed by atoms with Crippen LogP contribution in [0.2, 0.25) is 0 Å². The van der Waals surface area contributed by atoms with E-state index in [2.05, 4.69) is 19.2 Å². The highest BCUT2D eigenvalue weighted by Gasteiger charge is 2.17. The average molecular weight is 438 g/mol. The molecule has 2 aromatic carbocycles. The van der Waals surface area contributed by atoms with Crippen molar-refractivity contribution < 1.29 is 14.3 Å². The molecule has 2 N–H and O–H groups in total. The van der Waals surface area contributed by atoms with Gasteiger partial charge in [-0.1, -0.05) is 38.1 Å². The van der Waals surface area contributed by atoms with Crippen molar-refractivity contribution in [3.05, 3.63) is 59.7 Å². The van der Waals surface area contributed by atoms with E-state index in [0.29, 0.717) is 30.3 Å². The van der Waals surface area contributed by atoms with Gasteiger partial charge in [0, 0.05) is 37.8 Å². The number of carbonyl (C=O) groups is 2. The first kappa shape index (κ1) is 25.1. The van der Waals surface area contributed by atoms with Crippen LogP contribution in [-0.4, -0.2) is 42.1 Å². The highest BCUT2D eigenvalue weighted by Crippen LogP contribution is 2.22. The fourth-order valence-corrected chi connectivity index (χ4v) is 3.13. The molecule has 0 bridgehead atoms. The number of ether oxygens (including phenoxy) is 1. The molecule has 2 rings (SSSR count). The van der Waals surface area contributed by atoms with Crippen LogP contribution >= 0.6 is 0 Å². The van der Waals surface area contributed by atoms with E-state index in [1.54, 1.807) is 24.1 Å². The molecule has 0 aromatic heterocycles. The Bertz CT molecular complexity index is 920. The topological polar surface area (TPSA) is 82.5 Å². The standard InChI is InChI=1S/C26H35N3O3/c1-17(2)16-32-24-13-9-21(10-14-24)19(4)26(31)28-23-11-7-22(8-12-23)25(27)15-18(3)29(6)20(5)30/h7-14,17-19,27H,15-16H2,1-6H3,(H,28,31). The molecule has 0 fully saturated rings. The van der Waals surface area contributed by atoms with Crippen molar-refractivity contribution in [2.75, 3.05) is 19.0 Å². The summed E-state index contributed by atoms with van der Waals surface area (Å²) >= 11 is 0. The van der Waals surface area contributed by atoms with Gasteiger partial charge in [-0.3, -0.25) is 9.59 Å². The molecular formula is C26H35N3O3. The fourth-order valence-electron chi connectivity index (χ4n) is 3.13. The lowest BCUT2D eigenvalue weighted by atomic mass is 10.00. The van der Waals surface area contributed by atoms with Crippen LogP contribution in [0, 0.1) is 11.3 Å². The molecule has 0 spiro atoms. The summed E-state index contributed by atoms with van der Waals surface area (Å²) in [4.78, 5) is 25.8. The van der Waals surface area contributed by atoms with Gasteiger partial charge in [0.05, 0.1) is 12.5 Å². The molecule has 2 unspecified atom stereocenters. The lowest BCUT2D eigenvalue weighted by Gasteiger charge is -2.23. The molecule has 0 aliphatic rings. The number of hydrogen-bond donors (Lipinski definition) is 2. The van der Waals surface area contributed by atoms with Gasteiger partial charge in [0.25, 0.3) is 0 Å². The Labute approximate surface area is 191 Å². The number of hydrogen-bond acceptors (Lipinski definition) is 4. The quantitative estimate of drug-likeness (QED) is 0.508. The molecular weight excluding hydrogens is 402 g/mol. The van der Waals surface area contributed by atoms with Gasteiger partial charge in [-0.2, -0.15) is 0 Å². The number of amides is 2. The number of nitrogens with one attached hydrogen (secondary N) is 2. The Morgan fingerprint density at radius 3 is 2.12 bits per heavy atom. The maximum absolute atomic E-state index is 12.7. The molecule has 6 heteroatoms. The van der Waals surface area contributed by atoms with Crippen LogP contribution in [0.3, 0.4) is 0 Å². The molecule has 172 valence electrons. The fraction of sp³-hybridized carbons (Fsp3) is 0.423. The number of rotatable bonds is 10. The van der Waals surface area contributed by atoms with E-state index in [9.17, 15) is 9.59 Å². The first-order valence-electron chi connectivity index (χ1n) is 11.0. The molecule has 0 radical (unpaired) electrons. The summed E-state index contributed by atoms with van der Waals surface area (Å²) in [7, 11) is 1.74. The summed E-state index contributed by atoms with van der Waals surface area (Å²) in [5.41, 5.74) is 2.83. The summed E-state index contributed by atoms with van der Waals surface area (Å²) in [6, 6.07) is 14.8. The van der Waals surface area contributed by atoms with Crippen LogP contribution in [-0.2, 0) is 9.59 Å². The van der Waals surface area contributed by atoms with Crippen molar-refractivity contribution in [3.63, 3.8) is 0 Å². The molecule has 0 saturated heterocycles. The molecule has 0 heterocycles. The molecule has 0 saturated carbocycles. The van der Waals surface area contributed by atoms with Gasteiger partial charge in [-0.15, -0.1) is 0 Å². The lowest BCUT2D eigenvalue weighted by Crippen LogP contribution is -2.34. The van der Waals surface area contributed by atoms with Crippen molar-refractivity contribution >= 4 is 23.2 Å². The van der Waals surface area contributed by atoms with Crippen molar-refractivity contribution in [2.45, 2.75) is 53.0 Å². The zero-order chi connectivity index (χ0) is 23.8. The third-order valence-corrected chi connectivity index (χ3v) is 5.52. The number of carbonyl (C=O) groups excluding carboxylic acids is 2. The predicted molar refractivity (Wildman–Crippen MR) is 130 cm³/mol. The molecule has 0 aliphatic heterocycles. The average Bonchev–Trinajstić information content (AvgIpc) is 2.77. The Morgan fingerprint density at radius 2 is 1.59 bits per heavy atom. The first-order valence-corrected chi connectivity index (χ1v) is 11.0. The zero-order valence-corrected chi connectivity index (χ0v) is 19.9. The molecule has 6 nitrogen and oxygen atoms in total. The number of nitrogens with zero attached hydrogens (tertiary/aromatic N) is 1. The van der Waals surface area contributed by atoms with E-state index >= 15 is 0 Å². The predicted octanol–water partition coefficient (Wildman–Crippen LogP) is 5.09. The van der Waals surface area contributed by atoms with Crippen molar-refractivity contribution in [1.29, 1.82) is 5.41 Å². The van der Waals surface area contributed by atoms with Gasteiger partial charge in [-0.05, 0) is 55.2 Å². The Balaban J connectivity index is 1.94. The first-order chi connectivity index (χ1) is 15.1. The van der Waals surface area contributed by atoms with E-state index in [-0.39, 0.29) is 23.8 Å². The van der Waals surface area contributed by atoms with Gasteiger partial charge in [0.1, 0.15) is 5.75 Å². The largest absolute Gasteiger partial charge is 0.493 e. The second-order valence-electron chi connectivity index (χ2n) is 8.72.